The van der Waals surface area contributed by atoms with Gasteiger partial charge in [0.1, 0.15) is 10.6 Å². The van der Waals surface area contributed by atoms with E-state index in [0.717, 1.165) is 27.2 Å². The van der Waals surface area contributed by atoms with Crippen LogP contribution in [0.1, 0.15) is 11.1 Å². The number of anilines is 1. The molecule has 1 aromatic carbocycles. The van der Waals surface area contributed by atoms with Crippen molar-refractivity contribution in [1.29, 1.82) is 0 Å². The molecule has 0 saturated heterocycles. The van der Waals surface area contributed by atoms with Gasteiger partial charge >= 0.3 is 0 Å². The quantitative estimate of drug-likeness (QED) is 0.533. The fourth-order valence-electron chi connectivity index (χ4n) is 2.83. The van der Waals surface area contributed by atoms with Crippen molar-refractivity contribution < 1.29 is 14.0 Å². The Balaban J connectivity index is 1.68. The van der Waals surface area contributed by atoms with E-state index in [0.29, 0.717) is 29.6 Å². The van der Waals surface area contributed by atoms with E-state index in [4.69, 9.17) is 14.0 Å². The molecule has 0 saturated carbocycles. The molecule has 138 valence electrons. The van der Waals surface area contributed by atoms with E-state index in [1.165, 1.54) is 0 Å². The van der Waals surface area contributed by atoms with Crippen LogP contribution in [0, 0.1) is 6.92 Å². The van der Waals surface area contributed by atoms with Gasteiger partial charge in [0.05, 0.1) is 25.8 Å². The third-order valence-corrected chi connectivity index (χ3v) is 5.17. The van der Waals surface area contributed by atoms with Gasteiger partial charge in [-0.3, -0.25) is 0 Å². The number of hydrogen-bond donors (Lipinski definition) is 1. The zero-order valence-corrected chi connectivity index (χ0v) is 16.0. The monoisotopic (exact) mass is 382 g/mol. The Morgan fingerprint density at radius 3 is 2.70 bits per heavy atom. The van der Waals surface area contributed by atoms with Gasteiger partial charge in [0.25, 0.3) is 0 Å². The first-order valence-corrected chi connectivity index (χ1v) is 9.19. The smallest absolute Gasteiger partial charge is 0.204 e. The van der Waals surface area contributed by atoms with Crippen LogP contribution in [0.15, 0.2) is 40.4 Å². The summed E-state index contributed by atoms with van der Waals surface area (Å²) in [7, 11) is 3.25. The van der Waals surface area contributed by atoms with Gasteiger partial charge in [-0.15, -0.1) is 11.3 Å². The largest absolute Gasteiger partial charge is 0.493 e. The Labute approximate surface area is 160 Å². The van der Waals surface area contributed by atoms with E-state index in [1.54, 1.807) is 37.8 Å². The van der Waals surface area contributed by atoms with Crippen LogP contribution in [0.3, 0.4) is 0 Å². The number of rotatable bonds is 6. The Kier molecular flexibility index (Phi) is 4.64. The molecule has 0 aliphatic heterocycles. The summed E-state index contributed by atoms with van der Waals surface area (Å²) < 4.78 is 15.9. The summed E-state index contributed by atoms with van der Waals surface area (Å²) in [6.45, 7) is 2.63. The van der Waals surface area contributed by atoms with Gasteiger partial charge in [-0.25, -0.2) is 9.97 Å². The maximum absolute atomic E-state index is 5.38. The molecule has 1 N–H and O–H groups in total. The van der Waals surface area contributed by atoms with Gasteiger partial charge in [-0.05, 0) is 35.6 Å². The number of aryl methyl sites for hydroxylation is 1. The van der Waals surface area contributed by atoms with Crippen molar-refractivity contribution in [3.8, 4) is 23.1 Å². The van der Waals surface area contributed by atoms with E-state index in [1.807, 2.05) is 18.2 Å². The van der Waals surface area contributed by atoms with Crippen molar-refractivity contribution in [3.05, 3.63) is 47.0 Å². The molecule has 3 aromatic heterocycles. The number of fused-ring (bicyclic) bond motifs is 1. The van der Waals surface area contributed by atoms with Crippen molar-refractivity contribution in [3.63, 3.8) is 0 Å². The molecular weight excluding hydrogens is 364 g/mol. The molecule has 8 heteroatoms. The first kappa shape index (κ1) is 17.3. The topological polar surface area (TPSA) is 82.3 Å². The first-order valence-electron chi connectivity index (χ1n) is 8.31. The number of methoxy groups -OCH3 is 2. The van der Waals surface area contributed by atoms with Crippen LogP contribution in [-0.4, -0.2) is 29.3 Å². The molecule has 7 nitrogen and oxygen atoms in total. The standard InChI is InChI=1S/C19H18N4O3S/c1-11-10-27-19-16(11)18(22-17(23-19)14-6-7-21-26-14)20-9-12-4-5-13(24-2)15(8-12)25-3/h4-8,10H,9H2,1-3H3,(H,20,22,23). The molecule has 0 aliphatic rings. The predicted molar refractivity (Wildman–Crippen MR) is 105 cm³/mol. The number of aromatic nitrogens is 3. The van der Waals surface area contributed by atoms with Crippen molar-refractivity contribution in [1.82, 2.24) is 15.1 Å². The van der Waals surface area contributed by atoms with Crippen LogP contribution in [0.25, 0.3) is 21.8 Å². The van der Waals surface area contributed by atoms with E-state index in [-0.39, 0.29) is 0 Å². The van der Waals surface area contributed by atoms with Crippen LogP contribution < -0.4 is 14.8 Å². The second-order valence-corrected chi connectivity index (χ2v) is 6.77. The minimum Gasteiger partial charge on any atom is -0.493 e. The van der Waals surface area contributed by atoms with Gasteiger partial charge in [-0.1, -0.05) is 11.2 Å². The minimum absolute atomic E-state index is 0.511. The summed E-state index contributed by atoms with van der Waals surface area (Å²) in [5.41, 5.74) is 2.18. The number of hydrogen-bond acceptors (Lipinski definition) is 8. The van der Waals surface area contributed by atoms with Crippen LogP contribution in [0.2, 0.25) is 0 Å². The number of nitrogens with zero attached hydrogens (tertiary/aromatic N) is 3. The van der Waals surface area contributed by atoms with Crippen molar-refractivity contribution in [2.75, 3.05) is 19.5 Å². The lowest BCUT2D eigenvalue weighted by atomic mass is 10.2. The summed E-state index contributed by atoms with van der Waals surface area (Å²) in [5.74, 6) is 3.21. The minimum atomic E-state index is 0.511. The fourth-order valence-corrected chi connectivity index (χ4v) is 3.75. The highest BCUT2D eigenvalue weighted by Gasteiger charge is 2.15. The molecular formula is C19H18N4O3S. The maximum Gasteiger partial charge on any atom is 0.204 e. The molecule has 0 amide bonds. The van der Waals surface area contributed by atoms with Crippen LogP contribution in [0.4, 0.5) is 5.82 Å². The van der Waals surface area contributed by atoms with E-state index < -0.39 is 0 Å². The van der Waals surface area contributed by atoms with Gasteiger partial charge in [-0.2, -0.15) is 0 Å². The Morgan fingerprint density at radius 1 is 1.11 bits per heavy atom. The molecule has 0 unspecified atom stereocenters. The van der Waals surface area contributed by atoms with Crippen molar-refractivity contribution >= 4 is 27.4 Å². The molecule has 0 fully saturated rings. The highest BCUT2D eigenvalue weighted by Crippen LogP contribution is 2.32. The van der Waals surface area contributed by atoms with E-state index in [2.05, 4.69) is 32.7 Å². The molecule has 0 spiro atoms. The molecule has 0 bridgehead atoms. The van der Waals surface area contributed by atoms with Gasteiger partial charge in [0.2, 0.25) is 11.6 Å². The molecule has 3 heterocycles. The summed E-state index contributed by atoms with van der Waals surface area (Å²) in [4.78, 5) is 10.2. The average Bonchev–Trinajstić information content (AvgIpc) is 3.36. The summed E-state index contributed by atoms with van der Waals surface area (Å²) in [5, 5.41) is 10.3. The van der Waals surface area contributed by atoms with Gasteiger partial charge < -0.3 is 19.3 Å². The summed E-state index contributed by atoms with van der Waals surface area (Å²) >= 11 is 1.58. The number of ether oxygens (including phenoxy) is 2. The van der Waals surface area contributed by atoms with Gasteiger partial charge in [0.15, 0.2) is 11.5 Å². The zero-order chi connectivity index (χ0) is 18.8. The molecule has 0 atom stereocenters. The maximum atomic E-state index is 5.38. The Bertz CT molecular complexity index is 1080. The van der Waals surface area contributed by atoms with Gasteiger partial charge in [0, 0.05) is 12.6 Å². The van der Waals surface area contributed by atoms with E-state index in [9.17, 15) is 0 Å². The SMILES string of the molecule is COc1ccc(CNc2nc(-c3ccno3)nc3scc(C)c23)cc1OC. The van der Waals surface area contributed by atoms with Crippen molar-refractivity contribution in [2.24, 2.45) is 0 Å². The molecule has 4 aromatic rings. The second kappa shape index (κ2) is 7.24. The molecule has 0 radical (unpaired) electrons. The number of benzene rings is 1. The number of thiophene rings is 1. The van der Waals surface area contributed by atoms with Crippen LogP contribution in [0.5, 0.6) is 11.5 Å². The highest BCUT2D eigenvalue weighted by atomic mass is 32.1. The van der Waals surface area contributed by atoms with E-state index >= 15 is 0 Å². The zero-order valence-electron chi connectivity index (χ0n) is 15.1. The molecule has 27 heavy (non-hydrogen) atoms. The third kappa shape index (κ3) is 3.31. The van der Waals surface area contributed by atoms with Crippen molar-refractivity contribution in [2.45, 2.75) is 13.5 Å². The third-order valence-electron chi connectivity index (χ3n) is 4.18. The predicted octanol–water partition coefficient (Wildman–Crippen LogP) is 4.28. The fraction of sp³-hybridized carbons (Fsp3) is 0.211. The highest BCUT2D eigenvalue weighted by molar-refractivity contribution is 7.17. The summed E-state index contributed by atoms with van der Waals surface area (Å²) in [6, 6.07) is 7.58. The summed E-state index contributed by atoms with van der Waals surface area (Å²) in [6.07, 6.45) is 1.58. The first-order chi connectivity index (χ1) is 13.2. The lowest BCUT2D eigenvalue weighted by Crippen LogP contribution is -2.04. The Hall–Kier alpha value is -3.13. The lowest BCUT2D eigenvalue weighted by Gasteiger charge is -2.12. The average molecular weight is 382 g/mol. The van der Waals surface area contributed by atoms with Crippen LogP contribution >= 0.6 is 11.3 Å². The second-order valence-electron chi connectivity index (χ2n) is 5.91. The normalized spacial score (nSPS) is 10.9. The van der Waals surface area contributed by atoms with Crippen LogP contribution in [-0.2, 0) is 6.54 Å². The lowest BCUT2D eigenvalue weighted by molar-refractivity contribution is 0.354. The number of nitrogens with one attached hydrogen (secondary N) is 1. The molecule has 0 aliphatic carbocycles. The molecule has 4 rings (SSSR count). The Morgan fingerprint density at radius 2 is 1.96 bits per heavy atom.